The van der Waals surface area contributed by atoms with Crippen LogP contribution in [0.4, 0.5) is 0 Å². The van der Waals surface area contributed by atoms with E-state index in [1.165, 1.54) is 19.3 Å². The average Bonchev–Trinajstić information content (AvgIpc) is 2.55. The average molecular weight is 182 g/mol. The summed E-state index contributed by atoms with van der Waals surface area (Å²) in [5.74, 6) is 1.90. The second-order valence-corrected chi connectivity index (χ2v) is 5.90. The molecular weight excluding hydrogens is 168 g/mol. The number of fused-ring (bicyclic) bond motifs is 2. The van der Waals surface area contributed by atoms with Gasteiger partial charge in [-0.3, -0.25) is 0 Å². The van der Waals surface area contributed by atoms with Gasteiger partial charge in [0.05, 0.1) is 0 Å². The molecule has 3 fully saturated rings. The SMILES string of the molecule is C=CC1=CC2=C3C4CCCC45CC35C12. The van der Waals surface area contributed by atoms with E-state index in [2.05, 4.69) is 18.7 Å². The molecular formula is C14H14. The maximum Gasteiger partial charge on any atom is 0.0189 e. The molecule has 2 spiro atoms. The number of rotatable bonds is 1. The first kappa shape index (κ1) is 6.66. The molecule has 5 rings (SSSR count). The van der Waals surface area contributed by atoms with Crippen LogP contribution in [0, 0.1) is 22.7 Å². The molecule has 0 radical (unpaired) electrons. The summed E-state index contributed by atoms with van der Waals surface area (Å²) < 4.78 is 0. The van der Waals surface area contributed by atoms with Crippen molar-refractivity contribution in [2.75, 3.05) is 0 Å². The Morgan fingerprint density at radius 3 is 3.29 bits per heavy atom. The first-order chi connectivity index (χ1) is 6.85. The Labute approximate surface area is 84.4 Å². The minimum atomic E-state index is 0.738. The Balaban J connectivity index is 1.74. The molecule has 0 bridgehead atoms. The summed E-state index contributed by atoms with van der Waals surface area (Å²) in [6.45, 7) is 3.93. The molecule has 0 amide bonds. The zero-order chi connectivity index (χ0) is 9.13. The highest BCUT2D eigenvalue weighted by atomic mass is 14.9. The van der Waals surface area contributed by atoms with Gasteiger partial charge in [0.2, 0.25) is 0 Å². The lowest BCUT2D eigenvalue weighted by molar-refractivity contribution is 0.119. The van der Waals surface area contributed by atoms with Gasteiger partial charge in [0.15, 0.2) is 0 Å². The van der Waals surface area contributed by atoms with Crippen LogP contribution in [0.25, 0.3) is 0 Å². The topological polar surface area (TPSA) is 0 Å². The first-order valence-corrected chi connectivity index (χ1v) is 5.94. The summed E-state index contributed by atoms with van der Waals surface area (Å²) in [6, 6.07) is 0. The monoisotopic (exact) mass is 182 g/mol. The van der Waals surface area contributed by atoms with Crippen molar-refractivity contribution in [1.29, 1.82) is 0 Å². The molecule has 0 heterocycles. The Morgan fingerprint density at radius 1 is 1.50 bits per heavy atom. The quantitative estimate of drug-likeness (QED) is 0.584. The van der Waals surface area contributed by atoms with Gasteiger partial charge in [-0.1, -0.05) is 30.7 Å². The number of hydrogen-bond donors (Lipinski definition) is 0. The lowest BCUT2D eigenvalue weighted by Gasteiger charge is -2.61. The van der Waals surface area contributed by atoms with Gasteiger partial charge in [-0.2, -0.15) is 0 Å². The zero-order valence-corrected chi connectivity index (χ0v) is 8.34. The molecule has 4 atom stereocenters. The fourth-order valence-corrected chi connectivity index (χ4v) is 5.60. The molecule has 0 aromatic heterocycles. The summed E-state index contributed by atoms with van der Waals surface area (Å²) in [4.78, 5) is 0. The van der Waals surface area contributed by atoms with Crippen molar-refractivity contribution in [3.05, 3.63) is 35.5 Å². The number of allylic oxidation sites excluding steroid dienone is 5. The highest BCUT2D eigenvalue weighted by Crippen LogP contribution is 2.97. The third kappa shape index (κ3) is 0.334. The first-order valence-electron chi connectivity index (χ1n) is 5.94. The molecule has 5 aliphatic carbocycles. The van der Waals surface area contributed by atoms with Gasteiger partial charge in [-0.15, -0.1) is 0 Å². The van der Waals surface area contributed by atoms with Gasteiger partial charge >= 0.3 is 0 Å². The van der Waals surface area contributed by atoms with Crippen LogP contribution in [0.15, 0.2) is 35.5 Å². The maximum absolute atomic E-state index is 3.93. The van der Waals surface area contributed by atoms with E-state index in [9.17, 15) is 0 Å². The molecule has 0 aromatic rings. The van der Waals surface area contributed by atoms with Crippen LogP contribution in [0.5, 0.6) is 0 Å². The van der Waals surface area contributed by atoms with Crippen LogP contribution in [-0.2, 0) is 0 Å². The lowest BCUT2D eigenvalue weighted by Crippen LogP contribution is -2.53. The van der Waals surface area contributed by atoms with Crippen molar-refractivity contribution < 1.29 is 0 Å². The van der Waals surface area contributed by atoms with Crippen LogP contribution in [0.1, 0.15) is 25.7 Å². The van der Waals surface area contributed by atoms with Crippen molar-refractivity contribution >= 4 is 0 Å². The standard InChI is InChI=1S/C14H14/c1-2-8-6-9-11(8)14-7-13(14)5-3-4-10(13)12(9)14/h2,6,10-11H,1,3-5,7H2. The Hall–Kier alpha value is -0.780. The van der Waals surface area contributed by atoms with Crippen molar-refractivity contribution in [2.45, 2.75) is 25.7 Å². The molecule has 0 heteroatoms. The summed E-state index contributed by atoms with van der Waals surface area (Å²) in [5, 5.41) is 0. The van der Waals surface area contributed by atoms with Crippen molar-refractivity contribution in [3.63, 3.8) is 0 Å². The van der Waals surface area contributed by atoms with E-state index >= 15 is 0 Å². The Morgan fingerprint density at radius 2 is 2.43 bits per heavy atom. The minimum Gasteiger partial charge on any atom is -0.0988 e. The molecule has 0 aliphatic heterocycles. The molecule has 3 saturated carbocycles. The normalized spacial score (nSPS) is 59.3. The van der Waals surface area contributed by atoms with Crippen molar-refractivity contribution in [3.8, 4) is 0 Å². The van der Waals surface area contributed by atoms with Gasteiger partial charge in [0, 0.05) is 11.3 Å². The maximum atomic E-state index is 3.93. The summed E-state index contributed by atoms with van der Waals surface area (Å²) in [6.07, 6.45) is 10.6. The van der Waals surface area contributed by atoms with E-state index < -0.39 is 0 Å². The largest absolute Gasteiger partial charge is 0.0988 e. The molecule has 0 saturated heterocycles. The van der Waals surface area contributed by atoms with Gasteiger partial charge in [0.1, 0.15) is 0 Å². The zero-order valence-electron chi connectivity index (χ0n) is 8.34. The fraction of sp³-hybridized carbons (Fsp3) is 0.571. The van der Waals surface area contributed by atoms with E-state index in [0.29, 0.717) is 0 Å². The van der Waals surface area contributed by atoms with Gasteiger partial charge in [-0.05, 0) is 41.7 Å². The van der Waals surface area contributed by atoms with Crippen LogP contribution >= 0.6 is 0 Å². The Bertz CT molecular complexity index is 464. The van der Waals surface area contributed by atoms with Crippen molar-refractivity contribution in [2.24, 2.45) is 22.7 Å². The summed E-state index contributed by atoms with van der Waals surface area (Å²) in [7, 11) is 0. The van der Waals surface area contributed by atoms with E-state index in [4.69, 9.17) is 0 Å². The Kier molecular flexibility index (Phi) is 0.705. The highest BCUT2D eigenvalue weighted by Gasteiger charge is 2.90. The predicted octanol–water partition coefficient (Wildman–Crippen LogP) is 3.23. The third-order valence-corrected chi connectivity index (χ3v) is 5.98. The molecule has 0 nitrogen and oxygen atoms in total. The summed E-state index contributed by atoms with van der Waals surface area (Å²) >= 11 is 0. The molecule has 0 N–H and O–H groups in total. The summed E-state index contributed by atoms with van der Waals surface area (Å²) in [5.41, 5.74) is 6.76. The second kappa shape index (κ2) is 1.48. The second-order valence-electron chi connectivity index (χ2n) is 5.90. The lowest BCUT2D eigenvalue weighted by atomic mass is 9.42. The third-order valence-electron chi connectivity index (χ3n) is 5.98. The highest BCUT2D eigenvalue weighted by molar-refractivity contribution is 5.73. The minimum absolute atomic E-state index is 0.738. The molecule has 14 heavy (non-hydrogen) atoms. The van der Waals surface area contributed by atoms with Crippen molar-refractivity contribution in [1.82, 2.24) is 0 Å². The van der Waals surface area contributed by atoms with E-state index in [0.717, 1.165) is 22.7 Å². The van der Waals surface area contributed by atoms with Gasteiger partial charge in [-0.25, -0.2) is 0 Å². The van der Waals surface area contributed by atoms with Crippen LogP contribution in [0.3, 0.4) is 0 Å². The van der Waals surface area contributed by atoms with E-state index in [1.807, 2.05) is 5.57 Å². The van der Waals surface area contributed by atoms with Gasteiger partial charge < -0.3 is 0 Å². The molecule has 4 unspecified atom stereocenters. The van der Waals surface area contributed by atoms with Crippen LogP contribution in [0.2, 0.25) is 0 Å². The molecule has 70 valence electrons. The van der Waals surface area contributed by atoms with E-state index in [-0.39, 0.29) is 0 Å². The molecule has 5 aliphatic rings. The molecule has 0 aromatic carbocycles. The number of hydrogen-bond acceptors (Lipinski definition) is 0. The smallest absolute Gasteiger partial charge is 0.0189 e. The fourth-order valence-electron chi connectivity index (χ4n) is 5.60. The predicted molar refractivity (Wildman–Crippen MR) is 55.6 cm³/mol. The van der Waals surface area contributed by atoms with Crippen LogP contribution < -0.4 is 0 Å². The van der Waals surface area contributed by atoms with E-state index in [1.54, 1.807) is 17.6 Å². The van der Waals surface area contributed by atoms with Crippen LogP contribution in [-0.4, -0.2) is 0 Å². The van der Waals surface area contributed by atoms with Gasteiger partial charge in [0.25, 0.3) is 0 Å².